The van der Waals surface area contributed by atoms with Gasteiger partial charge in [-0.15, -0.1) is 0 Å². The Morgan fingerprint density at radius 2 is 1.52 bits per heavy atom. The second-order valence-electron chi connectivity index (χ2n) is 17.9. The van der Waals surface area contributed by atoms with Gasteiger partial charge in [0.25, 0.3) is 0 Å². The van der Waals surface area contributed by atoms with Crippen molar-refractivity contribution >= 4 is 5.97 Å². The van der Waals surface area contributed by atoms with E-state index in [-0.39, 0.29) is 17.5 Å². The maximum absolute atomic E-state index is 12.9. The third-order valence-electron chi connectivity index (χ3n) is 14.8. The van der Waals surface area contributed by atoms with E-state index in [2.05, 4.69) is 68.4 Å². The van der Waals surface area contributed by atoms with Crippen LogP contribution in [-0.4, -0.2) is 12.1 Å². The summed E-state index contributed by atoms with van der Waals surface area (Å²) in [6.07, 6.45) is 22.5. The lowest BCUT2D eigenvalue weighted by molar-refractivity contribution is -0.212. The molecule has 0 aromatic rings. The van der Waals surface area contributed by atoms with Gasteiger partial charge in [0, 0.05) is 11.8 Å². The van der Waals surface area contributed by atoms with Crippen LogP contribution in [-0.2, 0) is 9.53 Å². The van der Waals surface area contributed by atoms with Crippen LogP contribution in [0.5, 0.6) is 0 Å². The van der Waals surface area contributed by atoms with E-state index in [4.69, 9.17) is 4.74 Å². The van der Waals surface area contributed by atoms with Crippen molar-refractivity contribution in [2.24, 2.45) is 50.2 Å². The van der Waals surface area contributed by atoms with E-state index in [0.29, 0.717) is 39.4 Å². The lowest BCUT2D eigenvalue weighted by Crippen LogP contribution is -2.64. The largest absolute Gasteiger partial charge is 0.462 e. The molecule has 0 aliphatic heterocycles. The van der Waals surface area contributed by atoms with Crippen LogP contribution in [0.2, 0.25) is 0 Å². The number of esters is 1. The number of hydrogen-bond donors (Lipinski definition) is 0. The molecule has 0 aromatic carbocycles. The van der Waals surface area contributed by atoms with Gasteiger partial charge < -0.3 is 4.74 Å². The molecular weight excluding hydrogens is 488 g/mol. The van der Waals surface area contributed by atoms with E-state index in [0.717, 1.165) is 31.1 Å². The minimum absolute atomic E-state index is 0.0373. The highest BCUT2D eigenvalue weighted by molar-refractivity contribution is 5.69. The van der Waals surface area contributed by atoms with Crippen LogP contribution < -0.4 is 0 Å². The van der Waals surface area contributed by atoms with Crippen molar-refractivity contribution < 1.29 is 9.53 Å². The Bertz CT molecular complexity index is 989. The van der Waals surface area contributed by atoms with Crippen molar-refractivity contribution in [3.63, 3.8) is 0 Å². The highest BCUT2D eigenvalue weighted by atomic mass is 16.5. The molecule has 4 saturated carbocycles. The van der Waals surface area contributed by atoms with Crippen molar-refractivity contribution in [3.05, 3.63) is 11.6 Å². The number of unbranched alkanes of at least 4 members (excludes halogenated alkanes) is 4. The first kappa shape index (κ1) is 30.7. The molecule has 2 heteroatoms. The average Bonchev–Trinajstić information content (AvgIpc) is 2.87. The molecule has 0 spiro atoms. The highest BCUT2D eigenvalue weighted by Crippen LogP contribution is 2.75. The summed E-state index contributed by atoms with van der Waals surface area (Å²) in [5, 5.41) is 0. The van der Waals surface area contributed by atoms with Gasteiger partial charge in [-0.3, -0.25) is 4.79 Å². The molecule has 0 aromatic heterocycles. The number of carbonyl (C=O) groups excluding carboxylic acids is 1. The van der Waals surface area contributed by atoms with Crippen LogP contribution in [0.3, 0.4) is 0 Å². The predicted octanol–water partition coefficient (Wildman–Crippen LogP) is 11.1. The maximum Gasteiger partial charge on any atom is 0.306 e. The smallest absolute Gasteiger partial charge is 0.306 e. The number of rotatable bonds is 7. The van der Waals surface area contributed by atoms with Crippen LogP contribution in [0, 0.1) is 50.2 Å². The van der Waals surface area contributed by atoms with E-state index >= 15 is 0 Å². The van der Waals surface area contributed by atoms with Gasteiger partial charge >= 0.3 is 5.97 Å². The van der Waals surface area contributed by atoms with Crippen LogP contribution >= 0.6 is 0 Å². The molecule has 228 valence electrons. The fraction of sp³-hybridized carbons (Fsp3) is 0.921. The second-order valence-corrected chi connectivity index (χ2v) is 17.9. The SMILES string of the molecule is CCCCCCCC(=O)O[C@H]1CC[C@]2(C)[C@H]3CC=C4[C@@H]5CC(C)(C)CC[C@]5(C)CC[C@@]4(C)[C@]3(C)CC[C@H]2C1(C)C. The zero-order valence-corrected chi connectivity index (χ0v) is 28.0. The topological polar surface area (TPSA) is 26.3 Å². The summed E-state index contributed by atoms with van der Waals surface area (Å²) in [4.78, 5) is 12.9. The van der Waals surface area contributed by atoms with Crippen molar-refractivity contribution in [1.29, 1.82) is 0 Å². The van der Waals surface area contributed by atoms with E-state index < -0.39 is 0 Å². The van der Waals surface area contributed by atoms with Gasteiger partial charge in [0.15, 0.2) is 0 Å². The molecule has 8 atom stereocenters. The summed E-state index contributed by atoms with van der Waals surface area (Å²) < 4.78 is 6.31. The quantitative estimate of drug-likeness (QED) is 0.178. The summed E-state index contributed by atoms with van der Waals surface area (Å²) in [7, 11) is 0. The summed E-state index contributed by atoms with van der Waals surface area (Å²) in [6.45, 7) is 22.9. The Balaban J connectivity index is 1.36. The van der Waals surface area contributed by atoms with Crippen molar-refractivity contribution in [2.75, 3.05) is 0 Å². The predicted molar refractivity (Wildman–Crippen MR) is 168 cm³/mol. The Kier molecular flexibility index (Phi) is 8.00. The molecular formula is C38H64O2. The Morgan fingerprint density at radius 1 is 0.825 bits per heavy atom. The van der Waals surface area contributed by atoms with Gasteiger partial charge in [-0.2, -0.15) is 0 Å². The second kappa shape index (κ2) is 10.4. The molecule has 0 bridgehead atoms. The molecule has 0 heterocycles. The zero-order chi connectivity index (χ0) is 29.2. The minimum Gasteiger partial charge on any atom is -0.462 e. The maximum atomic E-state index is 12.9. The monoisotopic (exact) mass is 552 g/mol. The third-order valence-corrected chi connectivity index (χ3v) is 14.8. The number of allylic oxidation sites excluding steroid dienone is 2. The molecule has 40 heavy (non-hydrogen) atoms. The van der Waals surface area contributed by atoms with E-state index in [1.165, 1.54) is 77.0 Å². The summed E-state index contributed by atoms with van der Waals surface area (Å²) in [5.74, 6) is 2.17. The first-order valence-electron chi connectivity index (χ1n) is 17.5. The normalized spacial score (nSPS) is 45.3. The van der Waals surface area contributed by atoms with Gasteiger partial charge in [0.05, 0.1) is 0 Å². The van der Waals surface area contributed by atoms with E-state index in [9.17, 15) is 4.79 Å². The number of carbonyl (C=O) groups is 1. The molecule has 0 amide bonds. The average molecular weight is 553 g/mol. The first-order valence-corrected chi connectivity index (χ1v) is 17.5. The Morgan fingerprint density at radius 3 is 2.25 bits per heavy atom. The molecule has 5 rings (SSSR count). The Hall–Kier alpha value is -0.790. The summed E-state index contributed by atoms with van der Waals surface area (Å²) >= 11 is 0. The minimum atomic E-state index is 0.0373. The van der Waals surface area contributed by atoms with Gasteiger partial charge in [-0.1, -0.05) is 99.6 Å². The van der Waals surface area contributed by atoms with Crippen LogP contribution in [0.25, 0.3) is 0 Å². The first-order chi connectivity index (χ1) is 18.6. The van der Waals surface area contributed by atoms with Crippen molar-refractivity contribution in [3.8, 4) is 0 Å². The standard InChI is InChI=1S/C38H64O2/c1-10-11-12-13-14-15-32(39)40-31-19-20-36(7)29(34(31,4)5)18-21-38(9)30(36)17-16-27-28-26-33(2,3)22-23-35(28,6)24-25-37(27,38)8/h16,28-31H,10-15,17-26H2,1-9H3/t28-,29-,30+,31-,35+,36-,37+,38+/m0/s1. The molecule has 0 unspecified atom stereocenters. The zero-order valence-electron chi connectivity index (χ0n) is 28.0. The van der Waals surface area contributed by atoms with E-state index in [1.54, 1.807) is 0 Å². The lowest BCUT2D eigenvalue weighted by Gasteiger charge is -2.71. The molecule has 4 fully saturated rings. The molecule has 5 aliphatic carbocycles. The van der Waals surface area contributed by atoms with Crippen LogP contribution in [0.4, 0.5) is 0 Å². The van der Waals surface area contributed by atoms with E-state index in [1.807, 2.05) is 5.57 Å². The van der Waals surface area contributed by atoms with Gasteiger partial charge in [-0.25, -0.2) is 0 Å². The Labute approximate surface area is 248 Å². The molecule has 0 N–H and O–H groups in total. The fourth-order valence-electron chi connectivity index (χ4n) is 11.8. The lowest BCUT2D eigenvalue weighted by atomic mass is 9.33. The van der Waals surface area contributed by atoms with Gasteiger partial charge in [0.2, 0.25) is 0 Å². The number of hydrogen-bond acceptors (Lipinski definition) is 2. The number of fused-ring (bicyclic) bond motifs is 7. The van der Waals surface area contributed by atoms with Gasteiger partial charge in [-0.05, 0) is 115 Å². The molecule has 0 radical (unpaired) electrons. The van der Waals surface area contributed by atoms with Crippen LogP contribution in [0.15, 0.2) is 11.6 Å². The van der Waals surface area contributed by atoms with Gasteiger partial charge in [0.1, 0.15) is 6.10 Å². The van der Waals surface area contributed by atoms with Crippen LogP contribution in [0.1, 0.15) is 165 Å². The summed E-state index contributed by atoms with van der Waals surface area (Å²) in [6, 6.07) is 0. The highest BCUT2D eigenvalue weighted by Gasteiger charge is 2.68. The molecule has 0 saturated heterocycles. The molecule has 5 aliphatic rings. The van der Waals surface area contributed by atoms with Crippen molar-refractivity contribution in [1.82, 2.24) is 0 Å². The van der Waals surface area contributed by atoms with Crippen molar-refractivity contribution in [2.45, 2.75) is 171 Å². The molecule has 2 nitrogen and oxygen atoms in total. The fourth-order valence-corrected chi connectivity index (χ4v) is 11.8. The third kappa shape index (κ3) is 4.76. The number of ether oxygens (including phenoxy) is 1. The summed E-state index contributed by atoms with van der Waals surface area (Å²) in [5.41, 5.74) is 3.89.